The molecule has 0 fully saturated rings. The zero-order valence-electron chi connectivity index (χ0n) is 48.2. The van der Waals surface area contributed by atoms with E-state index in [-0.39, 0.29) is 33.4 Å². The summed E-state index contributed by atoms with van der Waals surface area (Å²) in [6.45, 7) is 6.56. The molecular formula is C63H46N6O. The van der Waals surface area contributed by atoms with Gasteiger partial charge in [-0.2, -0.15) is 0 Å². The summed E-state index contributed by atoms with van der Waals surface area (Å²) in [5.74, 6) is 1.79. The number of ether oxygens (including phenoxy) is 1. The fraction of sp³-hybridized carbons (Fsp3) is 0.0635. The monoisotopic (exact) mass is 912 g/mol. The van der Waals surface area contributed by atoms with E-state index >= 15 is 0 Å². The molecule has 0 unspecified atom stereocenters. The molecular weight excluding hydrogens is 857 g/mol. The van der Waals surface area contributed by atoms with Crippen molar-refractivity contribution in [2.24, 2.45) is 0 Å². The van der Waals surface area contributed by atoms with Crippen LogP contribution in [0, 0.1) is 6.33 Å². The molecule has 0 amide bonds. The van der Waals surface area contributed by atoms with Gasteiger partial charge in [-0.05, 0) is 76.7 Å². The second-order valence-electron chi connectivity index (χ2n) is 18.2. The minimum atomic E-state index is -0.592. The Morgan fingerprint density at radius 2 is 1.14 bits per heavy atom. The maximum absolute atomic E-state index is 9.10. The number of benzene rings is 8. The first kappa shape index (κ1) is 31.8. The molecule has 0 radical (unpaired) electrons. The maximum atomic E-state index is 9.10. The van der Waals surface area contributed by atoms with Gasteiger partial charge in [-0.1, -0.05) is 166 Å². The first-order valence-corrected chi connectivity index (χ1v) is 22.9. The summed E-state index contributed by atoms with van der Waals surface area (Å²) in [7, 11) is 0. The quantitative estimate of drug-likeness (QED) is 0.113. The Morgan fingerprint density at radius 1 is 0.557 bits per heavy atom. The second kappa shape index (κ2) is 16.3. The van der Waals surface area contributed by atoms with E-state index < -0.39 is 60.4 Å². The van der Waals surface area contributed by atoms with Crippen LogP contribution >= 0.6 is 0 Å². The number of hydrogen-bond donors (Lipinski definition) is 0. The summed E-state index contributed by atoms with van der Waals surface area (Å²) in [5.41, 5.74) is 7.17. The molecule has 7 nitrogen and oxygen atoms in total. The van der Waals surface area contributed by atoms with Gasteiger partial charge in [0.2, 0.25) is 0 Å². The minimum absolute atomic E-state index is 0.0401. The summed E-state index contributed by atoms with van der Waals surface area (Å²) in [6.07, 6.45) is 8.04. The van der Waals surface area contributed by atoms with Crippen molar-refractivity contribution in [1.82, 2.24) is 23.7 Å². The molecule has 0 N–H and O–H groups in total. The van der Waals surface area contributed by atoms with Crippen molar-refractivity contribution >= 4 is 54.6 Å². The lowest BCUT2D eigenvalue weighted by Crippen LogP contribution is -2.31. The number of hydrogen-bond acceptors (Lipinski definition) is 3. The van der Waals surface area contributed by atoms with E-state index in [0.29, 0.717) is 28.2 Å². The van der Waals surface area contributed by atoms with Crippen molar-refractivity contribution in [2.45, 2.75) is 26.2 Å². The fourth-order valence-electron chi connectivity index (χ4n) is 9.74. The number of para-hydroxylation sites is 5. The Bertz CT molecular complexity index is 4570. The fourth-order valence-corrected chi connectivity index (χ4v) is 9.74. The normalized spacial score (nSPS) is 13.9. The van der Waals surface area contributed by atoms with E-state index in [1.54, 1.807) is 9.13 Å². The van der Waals surface area contributed by atoms with E-state index in [1.807, 2.05) is 85.1 Å². The Morgan fingerprint density at radius 3 is 1.79 bits per heavy atom. The second-order valence-corrected chi connectivity index (χ2v) is 18.2. The smallest absolute Gasteiger partial charge is 0.269 e. The molecule has 334 valence electrons. The van der Waals surface area contributed by atoms with Crippen molar-refractivity contribution in [3.63, 3.8) is 0 Å². The van der Waals surface area contributed by atoms with Gasteiger partial charge in [-0.3, -0.25) is 18.7 Å². The largest absolute Gasteiger partial charge is 0.456 e. The lowest BCUT2D eigenvalue weighted by molar-refractivity contribution is -0.571. The topological polar surface area (TPSA) is 53.7 Å². The highest BCUT2D eigenvalue weighted by molar-refractivity contribution is 6.13. The summed E-state index contributed by atoms with van der Waals surface area (Å²) in [4.78, 5) is 9.41. The average molecular weight is 913 g/mol. The number of rotatable bonds is 8. The number of aromatic nitrogens is 6. The van der Waals surface area contributed by atoms with Crippen LogP contribution in [-0.2, 0) is 5.41 Å². The third kappa shape index (κ3) is 6.77. The predicted octanol–water partition coefficient (Wildman–Crippen LogP) is 15.1. The summed E-state index contributed by atoms with van der Waals surface area (Å²) in [5, 5.41) is 4.22. The third-order valence-electron chi connectivity index (χ3n) is 13.0. The molecule has 0 aliphatic carbocycles. The number of fused-ring (bicyclic) bond motifs is 7. The molecule has 0 saturated heterocycles. The van der Waals surface area contributed by atoms with E-state index in [9.17, 15) is 0 Å². The number of nitrogens with zero attached hydrogens (tertiary/aromatic N) is 6. The standard InChI is InChI=1S/C63H46N6O/c1-63(2,3)44-33-34-65-61(35-44)69-55-30-15-12-27-49(55)50-37-59(68-53-28-13-10-25-47(53)48-26-11-14-29-54(48)68)60(38-58(50)69)70-46-24-18-23-45(36-46)66-41-67(57-32-17-16-31-56(57)66)62-51(42-19-6-4-7-20-42)39-64-40-52(62)43-21-8-5-9-22-43/h4-40H,1-3H3/i4D,5D,6D,7D,8D,9D,19D,20D,21D,22D. The minimum Gasteiger partial charge on any atom is -0.456 e. The van der Waals surface area contributed by atoms with Crippen molar-refractivity contribution in [2.75, 3.05) is 0 Å². The molecule has 7 heteroatoms. The number of pyridine rings is 2. The Hall–Kier alpha value is -9.07. The molecule has 8 aromatic carbocycles. The van der Waals surface area contributed by atoms with Crippen LogP contribution in [0.5, 0.6) is 11.5 Å². The Labute approximate surface area is 419 Å². The molecule has 70 heavy (non-hydrogen) atoms. The maximum Gasteiger partial charge on any atom is 0.269 e. The first-order chi connectivity index (χ1) is 38.5. The molecule has 5 heterocycles. The Balaban J connectivity index is 1.05. The van der Waals surface area contributed by atoms with Gasteiger partial charge in [0.25, 0.3) is 6.33 Å². The molecule has 0 spiro atoms. The van der Waals surface area contributed by atoms with Crippen molar-refractivity contribution in [3.8, 4) is 56.6 Å². The first-order valence-electron chi connectivity index (χ1n) is 27.9. The third-order valence-corrected chi connectivity index (χ3v) is 13.0. The van der Waals surface area contributed by atoms with Crippen molar-refractivity contribution in [1.29, 1.82) is 0 Å². The highest BCUT2D eigenvalue weighted by Gasteiger charge is 2.24. The van der Waals surface area contributed by atoms with Crippen LogP contribution in [0.2, 0.25) is 0 Å². The van der Waals surface area contributed by atoms with E-state index in [2.05, 4.69) is 108 Å². The average Bonchev–Trinajstić information content (AvgIpc) is 4.18. The van der Waals surface area contributed by atoms with Gasteiger partial charge in [-0.25, -0.2) is 4.98 Å². The van der Waals surface area contributed by atoms with Crippen molar-refractivity contribution < 1.29 is 23.0 Å². The Kier molecular flexibility index (Phi) is 7.42. The van der Waals surface area contributed by atoms with Gasteiger partial charge in [0.1, 0.15) is 11.6 Å². The highest BCUT2D eigenvalue weighted by atomic mass is 16.5. The van der Waals surface area contributed by atoms with Gasteiger partial charge < -0.3 is 9.30 Å². The van der Waals surface area contributed by atoms with Crippen LogP contribution in [-0.4, -0.2) is 23.7 Å². The van der Waals surface area contributed by atoms with Crippen LogP contribution in [0.25, 0.3) is 99.8 Å². The lowest BCUT2D eigenvalue weighted by Gasteiger charge is -2.20. The molecule has 0 aliphatic heterocycles. The molecule has 0 aliphatic rings. The molecule has 0 saturated carbocycles. The van der Waals surface area contributed by atoms with Crippen LogP contribution in [0.4, 0.5) is 0 Å². The van der Waals surface area contributed by atoms with Gasteiger partial charge in [0, 0.05) is 57.3 Å². The predicted molar refractivity (Wildman–Crippen MR) is 284 cm³/mol. The van der Waals surface area contributed by atoms with Crippen LogP contribution in [0.15, 0.2) is 225 Å². The van der Waals surface area contributed by atoms with Crippen LogP contribution < -0.4 is 9.30 Å². The summed E-state index contributed by atoms with van der Waals surface area (Å²) >= 11 is 0. The van der Waals surface area contributed by atoms with Gasteiger partial charge >= 0.3 is 0 Å². The zero-order chi connectivity index (χ0) is 55.6. The molecule has 13 rings (SSSR count). The molecule has 5 aromatic heterocycles. The number of imidazole rings is 1. The van der Waals surface area contributed by atoms with Crippen molar-refractivity contribution in [3.05, 3.63) is 236 Å². The molecule has 13 aromatic rings. The van der Waals surface area contributed by atoms with Crippen LogP contribution in [0.1, 0.15) is 40.0 Å². The van der Waals surface area contributed by atoms with E-state index in [4.69, 9.17) is 23.4 Å². The zero-order valence-corrected chi connectivity index (χ0v) is 38.2. The molecule has 0 atom stereocenters. The SMILES string of the molecule is [2H]c1c([2H])c([2H])c(-c2cncc(-c3c([2H])c([2H])c([2H])c([2H])c3[2H])c2-[n+]2[c-]n(-c3cccc(Oc4cc5c(cc4-n4c6ccccc6c6ccccc64)c4ccccc4n5-c4cc(C(C)(C)C)ccn4)c3)c3ccccc32)c([2H])c1[2H]. The van der Waals surface area contributed by atoms with Crippen LogP contribution in [0.3, 0.4) is 0 Å². The lowest BCUT2D eigenvalue weighted by atomic mass is 9.88. The highest BCUT2D eigenvalue weighted by Crippen LogP contribution is 2.43. The summed E-state index contributed by atoms with van der Waals surface area (Å²) in [6, 6.07) is 42.8. The molecule has 0 bridgehead atoms. The van der Waals surface area contributed by atoms with E-state index in [0.717, 1.165) is 60.7 Å². The van der Waals surface area contributed by atoms with Gasteiger partial charge in [0.05, 0.1) is 63.9 Å². The van der Waals surface area contributed by atoms with Gasteiger partial charge in [-0.15, -0.1) is 0 Å². The van der Waals surface area contributed by atoms with E-state index in [1.165, 1.54) is 12.4 Å². The summed E-state index contributed by atoms with van der Waals surface area (Å²) < 4.78 is 103. The van der Waals surface area contributed by atoms with Gasteiger partial charge in [0.15, 0.2) is 5.75 Å².